The fourth-order valence-corrected chi connectivity index (χ4v) is 3.20. The maximum Gasteiger partial charge on any atom is 0.240 e. The van der Waals surface area contributed by atoms with Crippen LogP contribution in [0.1, 0.15) is 23.2 Å². The summed E-state index contributed by atoms with van der Waals surface area (Å²) in [5.74, 6) is 0.945. The summed E-state index contributed by atoms with van der Waals surface area (Å²) in [7, 11) is 7.14. The maximum absolute atomic E-state index is 12.7. The van der Waals surface area contributed by atoms with E-state index in [1.54, 1.807) is 25.3 Å². The topological polar surface area (TPSA) is 54.9 Å². The minimum Gasteiger partial charge on any atom is -0.496 e. The molecule has 0 bridgehead atoms. The van der Waals surface area contributed by atoms with Crippen molar-refractivity contribution in [1.82, 2.24) is 14.8 Å². The van der Waals surface area contributed by atoms with Crippen molar-refractivity contribution < 1.29 is 14.3 Å². The number of ether oxygens (including phenoxy) is 2. The van der Waals surface area contributed by atoms with Crippen LogP contribution >= 0.6 is 0 Å². The van der Waals surface area contributed by atoms with Crippen molar-refractivity contribution in [3.63, 3.8) is 0 Å². The van der Waals surface area contributed by atoms with E-state index in [0.29, 0.717) is 6.54 Å². The molecule has 2 heterocycles. The number of hydrogen-bond acceptors (Lipinski definition) is 5. The number of carbonyl (C=O) groups is 1. The molecule has 1 amide bonds. The van der Waals surface area contributed by atoms with E-state index < -0.39 is 0 Å². The van der Waals surface area contributed by atoms with Gasteiger partial charge in [0.15, 0.2) is 0 Å². The molecule has 6 nitrogen and oxygen atoms in total. The summed E-state index contributed by atoms with van der Waals surface area (Å²) in [6.07, 6.45) is 2.66. The van der Waals surface area contributed by atoms with Gasteiger partial charge in [-0.2, -0.15) is 0 Å². The van der Waals surface area contributed by atoms with E-state index in [-0.39, 0.29) is 18.1 Å². The molecule has 0 N–H and O–H groups in total. The van der Waals surface area contributed by atoms with Crippen LogP contribution in [-0.4, -0.2) is 67.7 Å². The van der Waals surface area contributed by atoms with Crippen LogP contribution in [0.5, 0.6) is 5.75 Å². The Morgan fingerprint density at radius 2 is 2.13 bits per heavy atom. The number of pyridine rings is 1. The Labute approximate surface area is 138 Å². The van der Waals surface area contributed by atoms with Gasteiger partial charge in [0, 0.05) is 38.0 Å². The summed E-state index contributed by atoms with van der Waals surface area (Å²) >= 11 is 0. The first-order valence-corrected chi connectivity index (χ1v) is 7.86. The number of amides is 1. The molecule has 0 saturated carbocycles. The number of aryl methyl sites for hydroxylation is 1. The molecule has 1 saturated heterocycles. The molecular formula is C17H27N3O3. The molecule has 1 aromatic heterocycles. The monoisotopic (exact) mass is 321 g/mol. The second-order valence-corrected chi connectivity index (χ2v) is 6.29. The van der Waals surface area contributed by atoms with Gasteiger partial charge in [-0.25, -0.2) is 0 Å². The number of carbonyl (C=O) groups excluding carboxylic acids is 1. The summed E-state index contributed by atoms with van der Waals surface area (Å²) in [6.45, 7) is 5.21. The van der Waals surface area contributed by atoms with Crippen molar-refractivity contribution >= 4 is 5.91 Å². The Morgan fingerprint density at radius 1 is 1.43 bits per heavy atom. The van der Waals surface area contributed by atoms with E-state index in [9.17, 15) is 4.79 Å². The number of methoxy groups -OCH3 is 2. The van der Waals surface area contributed by atoms with Crippen molar-refractivity contribution in [3.8, 4) is 5.75 Å². The molecular weight excluding hydrogens is 294 g/mol. The summed E-state index contributed by atoms with van der Waals surface area (Å²) in [5, 5.41) is 0. The van der Waals surface area contributed by atoms with E-state index >= 15 is 0 Å². The molecule has 128 valence electrons. The molecule has 1 aliphatic rings. The van der Waals surface area contributed by atoms with E-state index in [0.717, 1.165) is 35.5 Å². The quantitative estimate of drug-likeness (QED) is 0.820. The average molecular weight is 321 g/mol. The zero-order chi connectivity index (χ0) is 17.1. The van der Waals surface area contributed by atoms with Gasteiger partial charge in [-0.05, 0) is 27.3 Å². The molecule has 0 aliphatic carbocycles. The average Bonchev–Trinajstić information content (AvgIpc) is 2.91. The van der Waals surface area contributed by atoms with Gasteiger partial charge in [-0.1, -0.05) is 0 Å². The molecule has 0 radical (unpaired) electrons. The molecule has 1 aromatic rings. The lowest BCUT2D eigenvalue weighted by Gasteiger charge is -2.25. The largest absolute Gasteiger partial charge is 0.496 e. The van der Waals surface area contributed by atoms with Crippen LogP contribution in [0.2, 0.25) is 0 Å². The first kappa shape index (κ1) is 17.7. The van der Waals surface area contributed by atoms with E-state index in [1.165, 1.54) is 0 Å². The zero-order valence-corrected chi connectivity index (χ0v) is 14.9. The maximum atomic E-state index is 12.7. The third kappa shape index (κ3) is 3.64. The molecule has 0 spiro atoms. The van der Waals surface area contributed by atoms with Crippen molar-refractivity contribution in [2.45, 2.75) is 39.0 Å². The van der Waals surface area contributed by atoms with Gasteiger partial charge in [0.2, 0.25) is 5.91 Å². The molecule has 0 unspecified atom stereocenters. The number of aromatic nitrogens is 1. The molecule has 2 rings (SSSR count). The SMILES string of the molecule is COc1c(C)cnc(CN(C)C(=O)[C@@H]2C[C@H](OC)CN2C)c1C. The van der Waals surface area contributed by atoms with Crippen LogP contribution in [0, 0.1) is 13.8 Å². The van der Waals surface area contributed by atoms with Crippen LogP contribution in [0.4, 0.5) is 0 Å². The van der Waals surface area contributed by atoms with Crippen LogP contribution in [-0.2, 0) is 16.1 Å². The first-order valence-electron chi connectivity index (χ1n) is 7.86. The van der Waals surface area contributed by atoms with Crippen molar-refractivity contribution in [2.75, 3.05) is 34.9 Å². The predicted octanol–water partition coefficient (Wildman–Crippen LogP) is 1.38. The van der Waals surface area contributed by atoms with Gasteiger partial charge in [0.05, 0.1) is 31.5 Å². The van der Waals surface area contributed by atoms with Gasteiger partial charge >= 0.3 is 0 Å². The normalized spacial score (nSPS) is 21.5. The molecule has 2 atom stereocenters. The summed E-state index contributed by atoms with van der Waals surface area (Å²) < 4.78 is 10.8. The Kier molecular flexibility index (Phi) is 5.59. The lowest BCUT2D eigenvalue weighted by atomic mass is 10.1. The minimum atomic E-state index is -0.127. The molecule has 6 heteroatoms. The van der Waals surface area contributed by atoms with Crippen LogP contribution in [0.3, 0.4) is 0 Å². The summed E-state index contributed by atoms with van der Waals surface area (Å²) in [4.78, 5) is 21.0. The van der Waals surface area contributed by atoms with E-state index in [2.05, 4.69) is 9.88 Å². The van der Waals surface area contributed by atoms with Crippen molar-refractivity contribution in [2.24, 2.45) is 0 Å². The Balaban J connectivity index is 2.10. The Morgan fingerprint density at radius 3 is 2.70 bits per heavy atom. The number of likely N-dealkylation sites (tertiary alicyclic amines) is 1. The predicted molar refractivity (Wildman–Crippen MR) is 88.6 cm³/mol. The van der Waals surface area contributed by atoms with Crippen LogP contribution in [0.15, 0.2) is 6.20 Å². The van der Waals surface area contributed by atoms with Crippen LogP contribution in [0.25, 0.3) is 0 Å². The minimum absolute atomic E-state index is 0.104. The van der Waals surface area contributed by atoms with Gasteiger partial charge in [-0.15, -0.1) is 0 Å². The van der Waals surface area contributed by atoms with Gasteiger partial charge in [0.25, 0.3) is 0 Å². The van der Waals surface area contributed by atoms with Crippen molar-refractivity contribution in [3.05, 3.63) is 23.0 Å². The lowest BCUT2D eigenvalue weighted by molar-refractivity contribution is -0.134. The van der Waals surface area contributed by atoms with Gasteiger partial charge in [-0.3, -0.25) is 14.7 Å². The van der Waals surface area contributed by atoms with Gasteiger partial charge < -0.3 is 14.4 Å². The second kappa shape index (κ2) is 7.27. The number of rotatable bonds is 5. The number of likely N-dealkylation sites (N-methyl/N-ethyl adjacent to an activating group) is 2. The van der Waals surface area contributed by atoms with Crippen LogP contribution < -0.4 is 4.74 Å². The number of nitrogens with zero attached hydrogens (tertiary/aromatic N) is 3. The second-order valence-electron chi connectivity index (χ2n) is 6.29. The molecule has 1 aliphatic heterocycles. The van der Waals surface area contributed by atoms with Crippen molar-refractivity contribution in [1.29, 1.82) is 0 Å². The molecule has 1 fully saturated rings. The Hall–Kier alpha value is -1.66. The highest BCUT2D eigenvalue weighted by atomic mass is 16.5. The zero-order valence-electron chi connectivity index (χ0n) is 14.9. The highest BCUT2D eigenvalue weighted by Gasteiger charge is 2.36. The molecule has 23 heavy (non-hydrogen) atoms. The first-order chi connectivity index (χ1) is 10.9. The highest BCUT2D eigenvalue weighted by molar-refractivity contribution is 5.82. The fourth-order valence-electron chi connectivity index (χ4n) is 3.20. The standard InChI is InChI=1S/C17H27N3O3/c1-11-8-18-14(12(2)16(11)23-6)10-20(4)17(21)15-7-13(22-5)9-19(15)3/h8,13,15H,7,9-10H2,1-6H3/t13-,15-/m0/s1. The van der Waals surface area contributed by atoms with Gasteiger partial charge in [0.1, 0.15) is 5.75 Å². The highest BCUT2D eigenvalue weighted by Crippen LogP contribution is 2.25. The Bertz CT molecular complexity index is 576. The smallest absolute Gasteiger partial charge is 0.240 e. The summed E-state index contributed by atoms with van der Waals surface area (Å²) in [6, 6.07) is -0.127. The summed E-state index contributed by atoms with van der Waals surface area (Å²) in [5.41, 5.74) is 2.86. The van der Waals surface area contributed by atoms with E-state index in [1.807, 2.05) is 27.9 Å². The number of hydrogen-bond donors (Lipinski definition) is 0. The third-order valence-corrected chi connectivity index (χ3v) is 4.64. The third-order valence-electron chi connectivity index (χ3n) is 4.64. The fraction of sp³-hybridized carbons (Fsp3) is 0.647. The van der Waals surface area contributed by atoms with E-state index in [4.69, 9.17) is 9.47 Å². The lowest BCUT2D eigenvalue weighted by Crippen LogP contribution is -2.42. The molecule has 0 aromatic carbocycles.